The van der Waals surface area contributed by atoms with Gasteiger partial charge >= 0.3 is 12.2 Å². The van der Waals surface area contributed by atoms with E-state index < -0.39 is 24.7 Å². The summed E-state index contributed by atoms with van der Waals surface area (Å²) in [7, 11) is 0. The molecule has 0 aromatic carbocycles. The van der Waals surface area contributed by atoms with Gasteiger partial charge < -0.3 is 5.32 Å². The zero-order valence-electron chi connectivity index (χ0n) is 9.71. The number of halogens is 3. The minimum absolute atomic E-state index is 0.0909. The molecule has 0 spiro atoms. The molecule has 0 unspecified atom stereocenters. The molecule has 0 atom stereocenters. The Morgan fingerprint density at radius 2 is 2.16 bits per heavy atom. The van der Waals surface area contributed by atoms with Gasteiger partial charge in [-0.25, -0.2) is 9.78 Å². The summed E-state index contributed by atoms with van der Waals surface area (Å²) in [4.78, 5) is 26.3. The van der Waals surface area contributed by atoms with Gasteiger partial charge in [0.05, 0.1) is 5.75 Å². The third-order valence-electron chi connectivity index (χ3n) is 1.63. The number of rotatable bonds is 4. The molecule has 106 valence electrons. The second-order valence-corrected chi connectivity index (χ2v) is 5.47. The minimum atomic E-state index is -4.51. The highest BCUT2D eigenvalue weighted by Gasteiger charge is 2.27. The first-order valence-corrected chi connectivity index (χ1v) is 6.82. The van der Waals surface area contributed by atoms with E-state index in [9.17, 15) is 22.8 Å². The number of urea groups is 1. The molecule has 3 amide bonds. The number of aromatic nitrogens is 1. The van der Waals surface area contributed by atoms with Crippen molar-refractivity contribution in [3.63, 3.8) is 0 Å². The number of aryl methyl sites for hydroxylation is 1. The second-order valence-electron chi connectivity index (χ2n) is 3.39. The molecule has 5 nitrogen and oxygen atoms in total. The van der Waals surface area contributed by atoms with E-state index in [0.717, 1.165) is 17.5 Å². The van der Waals surface area contributed by atoms with Crippen molar-refractivity contribution in [3.8, 4) is 0 Å². The van der Waals surface area contributed by atoms with E-state index in [1.54, 1.807) is 17.6 Å². The number of carbonyl (C=O) groups excluding carboxylic acids is 2. The first-order chi connectivity index (χ1) is 8.76. The molecule has 19 heavy (non-hydrogen) atoms. The second kappa shape index (κ2) is 6.75. The molecule has 2 N–H and O–H groups in total. The molecular weight excluding hydrogens is 303 g/mol. The van der Waals surface area contributed by atoms with Crippen molar-refractivity contribution in [1.29, 1.82) is 0 Å². The Morgan fingerprint density at radius 1 is 1.47 bits per heavy atom. The highest BCUT2D eigenvalue weighted by molar-refractivity contribution is 8.01. The van der Waals surface area contributed by atoms with Crippen LogP contribution in [0.1, 0.15) is 5.69 Å². The summed E-state index contributed by atoms with van der Waals surface area (Å²) in [5.74, 6) is -0.774. The Hall–Kier alpha value is -1.29. The van der Waals surface area contributed by atoms with Gasteiger partial charge in [-0.2, -0.15) is 13.2 Å². The van der Waals surface area contributed by atoms with Gasteiger partial charge in [0.2, 0.25) is 5.91 Å². The fraction of sp³-hybridized carbons (Fsp3) is 0.444. The van der Waals surface area contributed by atoms with Crippen molar-refractivity contribution in [3.05, 3.63) is 11.1 Å². The van der Waals surface area contributed by atoms with Gasteiger partial charge in [-0.05, 0) is 6.92 Å². The maximum Gasteiger partial charge on any atom is 0.405 e. The largest absolute Gasteiger partial charge is 0.405 e. The predicted octanol–water partition coefficient (Wildman–Crippen LogP) is 1.93. The molecule has 1 aromatic heterocycles. The van der Waals surface area contributed by atoms with Crippen molar-refractivity contribution in [1.82, 2.24) is 15.6 Å². The van der Waals surface area contributed by atoms with Crippen LogP contribution in [0.5, 0.6) is 0 Å². The molecule has 10 heteroatoms. The number of thioether (sulfide) groups is 1. The van der Waals surface area contributed by atoms with Crippen LogP contribution in [0.3, 0.4) is 0 Å². The van der Waals surface area contributed by atoms with Gasteiger partial charge in [0.15, 0.2) is 4.34 Å². The van der Waals surface area contributed by atoms with Crippen LogP contribution in [0, 0.1) is 6.92 Å². The van der Waals surface area contributed by atoms with Crippen LogP contribution in [-0.2, 0) is 4.79 Å². The average Bonchev–Trinajstić information content (AvgIpc) is 2.69. The maximum absolute atomic E-state index is 11.8. The summed E-state index contributed by atoms with van der Waals surface area (Å²) in [5, 5.41) is 5.14. The Bertz CT molecular complexity index is 462. The number of thiazole rings is 1. The van der Waals surface area contributed by atoms with E-state index in [-0.39, 0.29) is 5.75 Å². The van der Waals surface area contributed by atoms with E-state index >= 15 is 0 Å². The molecule has 0 aliphatic carbocycles. The minimum Gasteiger partial charge on any atom is -0.329 e. The van der Waals surface area contributed by atoms with Gasteiger partial charge in [0.1, 0.15) is 6.54 Å². The topological polar surface area (TPSA) is 71.1 Å². The van der Waals surface area contributed by atoms with Crippen LogP contribution in [-0.4, -0.2) is 35.4 Å². The molecule has 0 saturated heterocycles. The van der Waals surface area contributed by atoms with Crippen molar-refractivity contribution in [2.45, 2.75) is 17.4 Å². The predicted molar refractivity (Wildman–Crippen MR) is 65.2 cm³/mol. The third kappa shape index (κ3) is 7.01. The lowest BCUT2D eigenvalue weighted by molar-refractivity contribution is -0.124. The molecule has 0 aliphatic rings. The first kappa shape index (κ1) is 15.8. The zero-order chi connectivity index (χ0) is 14.5. The van der Waals surface area contributed by atoms with Crippen LogP contribution in [0.25, 0.3) is 0 Å². The number of nitrogens with one attached hydrogen (secondary N) is 2. The lowest BCUT2D eigenvalue weighted by Gasteiger charge is -2.08. The van der Waals surface area contributed by atoms with Crippen LogP contribution in [0.15, 0.2) is 9.72 Å². The number of imide groups is 1. The Kier molecular flexibility index (Phi) is 5.60. The lowest BCUT2D eigenvalue weighted by Crippen LogP contribution is -2.43. The molecule has 0 aliphatic heterocycles. The molecule has 0 bridgehead atoms. The average molecular weight is 313 g/mol. The number of nitrogens with zero attached hydrogens (tertiary/aromatic N) is 1. The van der Waals surface area contributed by atoms with Gasteiger partial charge in [-0.1, -0.05) is 11.8 Å². The molecule has 0 fully saturated rings. The van der Waals surface area contributed by atoms with E-state index in [4.69, 9.17) is 0 Å². The monoisotopic (exact) mass is 313 g/mol. The summed E-state index contributed by atoms with van der Waals surface area (Å²) in [6, 6.07) is -1.17. The van der Waals surface area contributed by atoms with Gasteiger partial charge in [-0.3, -0.25) is 10.1 Å². The third-order valence-corrected chi connectivity index (χ3v) is 3.77. The fourth-order valence-corrected chi connectivity index (χ4v) is 2.56. The maximum atomic E-state index is 11.8. The van der Waals surface area contributed by atoms with Crippen LogP contribution in [0.4, 0.5) is 18.0 Å². The lowest BCUT2D eigenvalue weighted by atomic mass is 10.6. The highest BCUT2D eigenvalue weighted by Crippen LogP contribution is 2.21. The summed E-state index contributed by atoms with van der Waals surface area (Å²) in [6.45, 7) is 0.316. The summed E-state index contributed by atoms with van der Waals surface area (Å²) in [6.07, 6.45) is -4.51. The number of carbonyl (C=O) groups is 2. The molecule has 0 saturated carbocycles. The zero-order valence-corrected chi connectivity index (χ0v) is 11.3. The van der Waals surface area contributed by atoms with Gasteiger partial charge in [-0.15, -0.1) is 11.3 Å². The van der Waals surface area contributed by atoms with Crippen LogP contribution in [0.2, 0.25) is 0 Å². The summed E-state index contributed by atoms with van der Waals surface area (Å²) in [5.41, 5.74) is 0.816. The number of alkyl halides is 3. The standard InChI is InChI=1S/C9H10F3N3O2S2/c1-5-2-18-8(14-5)19-3-6(16)15-7(17)13-4-9(10,11)12/h2H,3-4H2,1H3,(H2,13,15,16,17). The van der Waals surface area contributed by atoms with Crippen molar-refractivity contribution in [2.24, 2.45) is 0 Å². The van der Waals surface area contributed by atoms with Gasteiger partial charge in [0.25, 0.3) is 0 Å². The summed E-state index contributed by atoms with van der Waals surface area (Å²) >= 11 is 2.45. The smallest absolute Gasteiger partial charge is 0.329 e. The number of hydrogen-bond acceptors (Lipinski definition) is 5. The van der Waals surface area contributed by atoms with Crippen LogP contribution < -0.4 is 10.6 Å². The quantitative estimate of drug-likeness (QED) is 0.833. The molecule has 1 rings (SSSR count). The molecule has 1 aromatic rings. The highest BCUT2D eigenvalue weighted by atomic mass is 32.2. The normalized spacial score (nSPS) is 11.2. The Balaban J connectivity index is 2.25. The fourth-order valence-electron chi connectivity index (χ4n) is 0.913. The van der Waals surface area contributed by atoms with E-state index in [1.807, 2.05) is 0 Å². The molecule has 1 heterocycles. The van der Waals surface area contributed by atoms with Crippen LogP contribution >= 0.6 is 23.1 Å². The summed E-state index contributed by atoms with van der Waals surface area (Å²) < 4.78 is 36.0. The van der Waals surface area contributed by atoms with Gasteiger partial charge in [0, 0.05) is 11.1 Å². The molecular formula is C9H10F3N3O2S2. The SMILES string of the molecule is Cc1csc(SCC(=O)NC(=O)NCC(F)(F)F)n1. The first-order valence-electron chi connectivity index (χ1n) is 4.95. The van der Waals surface area contributed by atoms with E-state index in [1.165, 1.54) is 16.7 Å². The number of amides is 3. The van der Waals surface area contributed by atoms with E-state index in [2.05, 4.69) is 4.98 Å². The van der Waals surface area contributed by atoms with Crippen molar-refractivity contribution in [2.75, 3.05) is 12.3 Å². The Morgan fingerprint density at radius 3 is 2.68 bits per heavy atom. The van der Waals surface area contributed by atoms with Crippen molar-refractivity contribution < 1.29 is 22.8 Å². The Labute approximate surface area is 115 Å². The number of hydrogen-bond donors (Lipinski definition) is 2. The molecule has 0 radical (unpaired) electrons. The van der Waals surface area contributed by atoms with Crippen molar-refractivity contribution >= 4 is 35.0 Å². The van der Waals surface area contributed by atoms with E-state index in [0.29, 0.717) is 4.34 Å².